The number of aliphatic hydroxyl groups is 1. The number of likely N-dealkylation sites (tertiary alicyclic amines) is 1. The van der Waals surface area contributed by atoms with Crippen molar-refractivity contribution in [2.45, 2.75) is 39.0 Å². The van der Waals surface area contributed by atoms with Crippen molar-refractivity contribution in [1.29, 1.82) is 0 Å². The molecule has 1 fully saturated rings. The van der Waals surface area contributed by atoms with Crippen LogP contribution in [0.5, 0.6) is 0 Å². The molecule has 7 heteroatoms. The molecule has 1 aliphatic heterocycles. The molecule has 0 aliphatic carbocycles. The van der Waals surface area contributed by atoms with Crippen molar-refractivity contribution in [3.8, 4) is 0 Å². The molecule has 24 heavy (non-hydrogen) atoms. The van der Waals surface area contributed by atoms with Crippen molar-refractivity contribution in [2.75, 3.05) is 6.54 Å². The summed E-state index contributed by atoms with van der Waals surface area (Å²) in [7, 11) is 0. The standard InChI is InChI=1S/C17H19N5O2/c1-10-13-5-3-4-6-14(13)20-16(18-10)9-22-8-12(23)7-15(22)17-19-11(2)21-24-17/h3-6,12,15,23H,7-9H2,1-2H3/t12-,15+/m0/s1. The second-order valence-electron chi connectivity index (χ2n) is 6.26. The highest BCUT2D eigenvalue weighted by molar-refractivity contribution is 5.80. The molecule has 0 spiro atoms. The lowest BCUT2D eigenvalue weighted by Crippen LogP contribution is -2.25. The molecule has 0 bridgehead atoms. The monoisotopic (exact) mass is 325 g/mol. The van der Waals surface area contributed by atoms with Gasteiger partial charge in [-0.25, -0.2) is 9.97 Å². The van der Waals surface area contributed by atoms with Crippen LogP contribution in [0.15, 0.2) is 28.8 Å². The summed E-state index contributed by atoms with van der Waals surface area (Å²) in [5, 5.41) is 15.0. The van der Waals surface area contributed by atoms with Gasteiger partial charge < -0.3 is 9.63 Å². The molecule has 1 saturated heterocycles. The molecule has 124 valence electrons. The van der Waals surface area contributed by atoms with Gasteiger partial charge in [0.2, 0.25) is 5.89 Å². The minimum Gasteiger partial charge on any atom is -0.392 e. The summed E-state index contributed by atoms with van der Waals surface area (Å²) in [4.78, 5) is 15.7. The summed E-state index contributed by atoms with van der Waals surface area (Å²) in [5.41, 5.74) is 1.89. The highest BCUT2D eigenvalue weighted by atomic mass is 16.5. The van der Waals surface area contributed by atoms with Crippen LogP contribution in [0.2, 0.25) is 0 Å². The van der Waals surface area contributed by atoms with Gasteiger partial charge in [-0.1, -0.05) is 23.4 Å². The van der Waals surface area contributed by atoms with E-state index in [1.807, 2.05) is 31.2 Å². The Morgan fingerprint density at radius 3 is 2.83 bits per heavy atom. The van der Waals surface area contributed by atoms with E-state index in [1.165, 1.54) is 0 Å². The third-order valence-electron chi connectivity index (χ3n) is 4.39. The molecule has 0 saturated carbocycles. The minimum atomic E-state index is -0.413. The van der Waals surface area contributed by atoms with Crippen LogP contribution < -0.4 is 0 Å². The summed E-state index contributed by atoms with van der Waals surface area (Å²) in [5.74, 6) is 1.88. The van der Waals surface area contributed by atoms with E-state index in [4.69, 9.17) is 4.52 Å². The Balaban J connectivity index is 1.63. The smallest absolute Gasteiger partial charge is 0.244 e. The summed E-state index contributed by atoms with van der Waals surface area (Å²) in [6.07, 6.45) is 0.164. The minimum absolute atomic E-state index is 0.100. The van der Waals surface area contributed by atoms with Crippen molar-refractivity contribution >= 4 is 10.9 Å². The summed E-state index contributed by atoms with van der Waals surface area (Å²) < 4.78 is 5.30. The van der Waals surface area contributed by atoms with E-state index in [2.05, 4.69) is 25.0 Å². The van der Waals surface area contributed by atoms with E-state index in [1.54, 1.807) is 6.92 Å². The van der Waals surface area contributed by atoms with E-state index in [9.17, 15) is 5.11 Å². The number of aliphatic hydroxyl groups excluding tert-OH is 1. The number of rotatable bonds is 3. The molecule has 1 N–H and O–H groups in total. The third kappa shape index (κ3) is 2.76. The summed E-state index contributed by atoms with van der Waals surface area (Å²) in [6.45, 7) is 4.86. The highest BCUT2D eigenvalue weighted by Gasteiger charge is 2.36. The quantitative estimate of drug-likeness (QED) is 0.787. The van der Waals surface area contributed by atoms with Crippen LogP contribution in [-0.4, -0.2) is 42.8 Å². The Morgan fingerprint density at radius 1 is 1.21 bits per heavy atom. The van der Waals surface area contributed by atoms with Crippen LogP contribution in [-0.2, 0) is 6.54 Å². The molecule has 4 rings (SSSR count). The van der Waals surface area contributed by atoms with Crippen molar-refractivity contribution in [1.82, 2.24) is 25.0 Å². The van der Waals surface area contributed by atoms with Crippen LogP contribution >= 0.6 is 0 Å². The molecule has 0 amide bonds. The number of aryl methyl sites for hydroxylation is 2. The first kappa shape index (κ1) is 15.2. The van der Waals surface area contributed by atoms with E-state index in [0.717, 1.165) is 22.4 Å². The number of hydrogen-bond acceptors (Lipinski definition) is 7. The van der Waals surface area contributed by atoms with Gasteiger partial charge in [-0.15, -0.1) is 0 Å². The predicted octanol–water partition coefficient (Wildman–Crippen LogP) is 1.94. The molecule has 0 radical (unpaired) electrons. The van der Waals surface area contributed by atoms with E-state index < -0.39 is 6.10 Å². The highest BCUT2D eigenvalue weighted by Crippen LogP contribution is 2.32. The Morgan fingerprint density at radius 2 is 2.04 bits per heavy atom. The van der Waals surface area contributed by atoms with Gasteiger partial charge in [0.1, 0.15) is 5.82 Å². The molecular formula is C17H19N5O2. The normalized spacial score (nSPS) is 21.6. The largest absolute Gasteiger partial charge is 0.392 e. The third-order valence-corrected chi connectivity index (χ3v) is 4.39. The average molecular weight is 325 g/mol. The zero-order valence-corrected chi connectivity index (χ0v) is 13.7. The van der Waals surface area contributed by atoms with E-state index >= 15 is 0 Å². The van der Waals surface area contributed by atoms with Gasteiger partial charge in [0.05, 0.1) is 24.2 Å². The van der Waals surface area contributed by atoms with Crippen molar-refractivity contribution in [3.63, 3.8) is 0 Å². The summed E-state index contributed by atoms with van der Waals surface area (Å²) in [6, 6.07) is 7.88. The van der Waals surface area contributed by atoms with E-state index in [0.29, 0.717) is 31.2 Å². The van der Waals surface area contributed by atoms with Gasteiger partial charge in [-0.3, -0.25) is 4.90 Å². The topological polar surface area (TPSA) is 88.2 Å². The molecule has 3 aromatic rings. The number of hydrogen-bond donors (Lipinski definition) is 1. The number of fused-ring (bicyclic) bond motifs is 1. The van der Waals surface area contributed by atoms with Crippen LogP contribution in [0.3, 0.4) is 0 Å². The zero-order chi connectivity index (χ0) is 16.7. The van der Waals surface area contributed by atoms with Gasteiger partial charge in [0, 0.05) is 17.6 Å². The lowest BCUT2D eigenvalue weighted by atomic mass is 10.2. The van der Waals surface area contributed by atoms with Crippen LogP contribution in [0, 0.1) is 13.8 Å². The Labute approximate surface area is 139 Å². The number of benzene rings is 1. The maximum absolute atomic E-state index is 10.1. The second-order valence-corrected chi connectivity index (χ2v) is 6.26. The second kappa shape index (κ2) is 5.92. The van der Waals surface area contributed by atoms with Crippen LogP contribution in [0.1, 0.15) is 35.7 Å². The van der Waals surface area contributed by atoms with Crippen LogP contribution in [0.4, 0.5) is 0 Å². The molecule has 2 aromatic heterocycles. The molecule has 1 aromatic carbocycles. The lowest BCUT2D eigenvalue weighted by Gasteiger charge is -2.20. The van der Waals surface area contributed by atoms with Crippen LogP contribution in [0.25, 0.3) is 10.9 Å². The Bertz CT molecular complexity index is 878. The molecule has 2 atom stereocenters. The predicted molar refractivity (Wildman–Crippen MR) is 87.1 cm³/mol. The van der Waals surface area contributed by atoms with Crippen molar-refractivity contribution in [2.24, 2.45) is 0 Å². The fourth-order valence-electron chi connectivity index (χ4n) is 3.31. The van der Waals surface area contributed by atoms with Gasteiger partial charge in [0.15, 0.2) is 5.82 Å². The first-order chi connectivity index (χ1) is 11.6. The number of aromatic nitrogens is 4. The first-order valence-corrected chi connectivity index (χ1v) is 8.05. The fourth-order valence-corrected chi connectivity index (χ4v) is 3.31. The van der Waals surface area contributed by atoms with Gasteiger partial charge >= 0.3 is 0 Å². The van der Waals surface area contributed by atoms with Crippen molar-refractivity contribution in [3.05, 3.63) is 47.5 Å². The molecule has 1 aliphatic rings. The zero-order valence-electron chi connectivity index (χ0n) is 13.7. The maximum Gasteiger partial charge on any atom is 0.244 e. The molecular weight excluding hydrogens is 306 g/mol. The first-order valence-electron chi connectivity index (χ1n) is 8.05. The Hall–Kier alpha value is -2.38. The van der Waals surface area contributed by atoms with Gasteiger partial charge in [-0.05, 0) is 26.3 Å². The van der Waals surface area contributed by atoms with Crippen molar-refractivity contribution < 1.29 is 9.63 Å². The van der Waals surface area contributed by atoms with E-state index in [-0.39, 0.29) is 6.04 Å². The SMILES string of the molecule is Cc1noc([C@H]2C[C@H](O)CN2Cc2nc(C)c3ccccc3n2)n1. The lowest BCUT2D eigenvalue weighted by molar-refractivity contribution is 0.167. The molecule has 7 nitrogen and oxygen atoms in total. The molecule has 0 unspecified atom stereocenters. The van der Waals surface area contributed by atoms with Gasteiger partial charge in [0.25, 0.3) is 0 Å². The Kier molecular flexibility index (Phi) is 3.74. The number of β-amino-alcohol motifs (C(OH)–C–C–N with tert-alkyl or cyclic N) is 1. The fraction of sp³-hybridized carbons (Fsp3) is 0.412. The molecule has 3 heterocycles. The maximum atomic E-state index is 10.1. The van der Waals surface area contributed by atoms with Gasteiger partial charge in [-0.2, -0.15) is 4.98 Å². The number of nitrogens with zero attached hydrogens (tertiary/aromatic N) is 5. The average Bonchev–Trinajstić information content (AvgIpc) is 3.13. The number of para-hydroxylation sites is 1. The summed E-state index contributed by atoms with van der Waals surface area (Å²) >= 11 is 0.